The number of oxime groups is 2. The minimum atomic E-state index is 0.279. The number of hydrogen-bond donors (Lipinski definition) is 0. The summed E-state index contributed by atoms with van der Waals surface area (Å²) in [6.07, 6.45) is 6.88. The molecule has 20 heavy (non-hydrogen) atoms. The smallest absolute Gasteiger partial charge is 0.122 e. The van der Waals surface area contributed by atoms with Gasteiger partial charge in [0.15, 0.2) is 0 Å². The second kappa shape index (κ2) is 6.59. The number of nitrogens with zero attached hydrogens (tertiary/aromatic N) is 2. The third kappa shape index (κ3) is 5.51. The van der Waals surface area contributed by atoms with Crippen molar-refractivity contribution in [3.63, 3.8) is 0 Å². The molecule has 2 saturated carbocycles. The van der Waals surface area contributed by atoms with Crippen LogP contribution in [-0.2, 0) is 9.68 Å². The molecule has 0 bridgehead atoms. The standard InChI is InChI=1S/C16H28N2O2/c1-16(2,3)11-15(13-7-8-13)18-20-10-9-14(17-19-4)12-5-6-12/h12-13H,5-11H2,1-4H3/b17-14-,18-15-. The maximum absolute atomic E-state index is 5.55. The molecule has 2 aliphatic carbocycles. The van der Waals surface area contributed by atoms with Gasteiger partial charge < -0.3 is 9.68 Å². The van der Waals surface area contributed by atoms with Gasteiger partial charge in [0.2, 0.25) is 0 Å². The van der Waals surface area contributed by atoms with Crippen LogP contribution in [-0.4, -0.2) is 25.1 Å². The van der Waals surface area contributed by atoms with Gasteiger partial charge in [0.1, 0.15) is 13.7 Å². The number of rotatable bonds is 8. The fraction of sp³-hybridized carbons (Fsp3) is 0.875. The van der Waals surface area contributed by atoms with Crippen LogP contribution in [0.2, 0.25) is 0 Å². The second-order valence-electron chi connectivity index (χ2n) is 7.22. The molecule has 4 heteroatoms. The van der Waals surface area contributed by atoms with E-state index in [-0.39, 0.29) is 5.41 Å². The third-order valence-electron chi connectivity index (χ3n) is 3.65. The Kier molecular flexibility index (Phi) is 5.06. The largest absolute Gasteiger partial charge is 0.399 e. The molecule has 114 valence electrons. The van der Waals surface area contributed by atoms with Crippen LogP contribution in [0, 0.1) is 17.3 Å². The summed E-state index contributed by atoms with van der Waals surface area (Å²) < 4.78 is 0. The molecule has 0 saturated heterocycles. The molecule has 0 aromatic rings. The van der Waals surface area contributed by atoms with Gasteiger partial charge in [-0.15, -0.1) is 0 Å². The quantitative estimate of drug-likeness (QED) is 0.383. The zero-order valence-corrected chi connectivity index (χ0v) is 13.3. The van der Waals surface area contributed by atoms with Gasteiger partial charge in [0.25, 0.3) is 0 Å². The van der Waals surface area contributed by atoms with Gasteiger partial charge in [-0.25, -0.2) is 0 Å². The van der Waals surface area contributed by atoms with Gasteiger partial charge in [0, 0.05) is 18.3 Å². The summed E-state index contributed by atoms with van der Waals surface area (Å²) in [5, 5.41) is 8.50. The van der Waals surface area contributed by atoms with Crippen LogP contribution in [0.1, 0.15) is 59.3 Å². The van der Waals surface area contributed by atoms with Crippen LogP contribution in [0.3, 0.4) is 0 Å². The van der Waals surface area contributed by atoms with E-state index in [2.05, 4.69) is 31.1 Å². The molecule has 0 aliphatic heterocycles. The topological polar surface area (TPSA) is 43.2 Å². The molecule has 0 atom stereocenters. The van der Waals surface area contributed by atoms with Gasteiger partial charge in [0.05, 0.1) is 11.4 Å². The van der Waals surface area contributed by atoms with Crippen molar-refractivity contribution in [3.8, 4) is 0 Å². The van der Waals surface area contributed by atoms with E-state index in [9.17, 15) is 0 Å². The Morgan fingerprint density at radius 1 is 1.00 bits per heavy atom. The van der Waals surface area contributed by atoms with Crippen LogP contribution in [0.4, 0.5) is 0 Å². The Balaban J connectivity index is 1.76. The van der Waals surface area contributed by atoms with Gasteiger partial charge in [-0.3, -0.25) is 0 Å². The highest BCUT2D eigenvalue weighted by Gasteiger charge is 2.31. The normalized spacial score (nSPS) is 21.0. The van der Waals surface area contributed by atoms with Crippen LogP contribution in [0.25, 0.3) is 0 Å². The molecule has 0 radical (unpaired) electrons. The maximum Gasteiger partial charge on any atom is 0.122 e. The van der Waals surface area contributed by atoms with Gasteiger partial charge in [-0.2, -0.15) is 0 Å². The summed E-state index contributed by atoms with van der Waals surface area (Å²) in [5.74, 6) is 1.30. The third-order valence-corrected chi connectivity index (χ3v) is 3.65. The lowest BCUT2D eigenvalue weighted by atomic mass is 9.88. The molecular weight excluding hydrogens is 252 g/mol. The summed E-state index contributed by atoms with van der Waals surface area (Å²) in [5.41, 5.74) is 2.65. The molecule has 0 aromatic carbocycles. The minimum Gasteiger partial charge on any atom is -0.399 e. The monoisotopic (exact) mass is 280 g/mol. The Morgan fingerprint density at radius 3 is 2.10 bits per heavy atom. The summed E-state index contributed by atoms with van der Waals surface area (Å²) in [6.45, 7) is 7.36. The van der Waals surface area contributed by atoms with Crippen LogP contribution >= 0.6 is 0 Å². The van der Waals surface area contributed by atoms with Crippen molar-refractivity contribution in [3.05, 3.63) is 0 Å². The van der Waals surface area contributed by atoms with Crippen LogP contribution < -0.4 is 0 Å². The van der Waals surface area contributed by atoms with Crippen molar-refractivity contribution in [2.24, 2.45) is 27.6 Å². The average Bonchev–Trinajstić information content (AvgIpc) is 3.23. The van der Waals surface area contributed by atoms with Crippen LogP contribution in [0.15, 0.2) is 10.3 Å². The number of hydrogen-bond acceptors (Lipinski definition) is 4. The SMILES string of the molecule is CO/N=C(/CCO/N=C(/CC(C)(C)C)C1CC1)C1CC1. The Hall–Kier alpha value is -1.06. The lowest BCUT2D eigenvalue weighted by Crippen LogP contribution is -2.15. The molecule has 0 aromatic heterocycles. The molecule has 0 heterocycles. The lowest BCUT2D eigenvalue weighted by Gasteiger charge is -2.19. The molecule has 0 unspecified atom stereocenters. The molecular formula is C16H28N2O2. The fourth-order valence-corrected chi connectivity index (χ4v) is 2.35. The predicted molar refractivity (Wildman–Crippen MR) is 82.0 cm³/mol. The van der Waals surface area contributed by atoms with Crippen LogP contribution in [0.5, 0.6) is 0 Å². The molecule has 2 aliphatic rings. The Labute approximate surface area is 122 Å². The average molecular weight is 280 g/mol. The summed E-state index contributed by atoms with van der Waals surface area (Å²) in [4.78, 5) is 10.4. The van der Waals surface area contributed by atoms with E-state index in [1.165, 1.54) is 31.4 Å². The van der Waals surface area contributed by atoms with E-state index >= 15 is 0 Å². The zero-order valence-electron chi connectivity index (χ0n) is 13.3. The zero-order chi connectivity index (χ0) is 14.6. The van der Waals surface area contributed by atoms with Crippen molar-refractivity contribution in [2.75, 3.05) is 13.7 Å². The molecule has 0 amide bonds. The highest BCUT2D eigenvalue weighted by Crippen LogP contribution is 2.35. The maximum atomic E-state index is 5.55. The minimum absolute atomic E-state index is 0.279. The Bertz CT molecular complexity index is 374. The van der Waals surface area contributed by atoms with E-state index in [1.807, 2.05) is 0 Å². The Morgan fingerprint density at radius 2 is 1.60 bits per heavy atom. The van der Waals surface area contributed by atoms with Crippen molar-refractivity contribution in [1.29, 1.82) is 0 Å². The molecule has 2 fully saturated rings. The molecule has 2 rings (SSSR count). The summed E-state index contributed by atoms with van der Waals surface area (Å²) in [7, 11) is 1.61. The van der Waals surface area contributed by atoms with Crippen molar-refractivity contribution < 1.29 is 9.68 Å². The molecule has 0 spiro atoms. The lowest BCUT2D eigenvalue weighted by molar-refractivity contribution is 0.146. The first-order valence-electron chi connectivity index (χ1n) is 7.78. The van der Waals surface area contributed by atoms with Gasteiger partial charge in [-0.1, -0.05) is 31.1 Å². The second-order valence-corrected chi connectivity index (χ2v) is 7.22. The van der Waals surface area contributed by atoms with E-state index in [0.717, 1.165) is 18.6 Å². The summed E-state index contributed by atoms with van der Waals surface area (Å²) >= 11 is 0. The summed E-state index contributed by atoms with van der Waals surface area (Å²) in [6, 6.07) is 0. The highest BCUT2D eigenvalue weighted by molar-refractivity contribution is 5.89. The van der Waals surface area contributed by atoms with Crippen molar-refractivity contribution in [2.45, 2.75) is 59.3 Å². The van der Waals surface area contributed by atoms with Gasteiger partial charge in [-0.05, 0) is 37.5 Å². The van der Waals surface area contributed by atoms with E-state index in [0.29, 0.717) is 18.4 Å². The van der Waals surface area contributed by atoms with Crippen molar-refractivity contribution in [1.82, 2.24) is 0 Å². The first kappa shape index (κ1) is 15.3. The fourth-order valence-electron chi connectivity index (χ4n) is 2.35. The highest BCUT2D eigenvalue weighted by atomic mass is 16.6. The van der Waals surface area contributed by atoms with E-state index in [1.54, 1.807) is 7.11 Å². The first-order valence-corrected chi connectivity index (χ1v) is 7.78. The van der Waals surface area contributed by atoms with E-state index < -0.39 is 0 Å². The molecule has 4 nitrogen and oxygen atoms in total. The molecule has 0 N–H and O–H groups in total. The van der Waals surface area contributed by atoms with Gasteiger partial charge >= 0.3 is 0 Å². The first-order chi connectivity index (χ1) is 9.49. The predicted octanol–water partition coefficient (Wildman–Crippen LogP) is 4.01. The van der Waals surface area contributed by atoms with E-state index in [4.69, 9.17) is 9.68 Å². The van der Waals surface area contributed by atoms with Crippen molar-refractivity contribution >= 4 is 11.4 Å².